The molecule has 0 N–H and O–H groups in total. The second-order valence-electron chi connectivity index (χ2n) is 19.2. The van der Waals surface area contributed by atoms with Crippen LogP contribution in [0, 0.1) is 38.8 Å². The Morgan fingerprint density at radius 2 is 0.893 bits per heavy atom. The summed E-state index contributed by atoms with van der Waals surface area (Å²) in [7, 11) is 0. The van der Waals surface area contributed by atoms with Crippen molar-refractivity contribution in [2.24, 2.45) is 11.8 Å². The minimum absolute atomic E-state index is 0. The van der Waals surface area contributed by atoms with Gasteiger partial charge in [0.1, 0.15) is 0 Å². The molecule has 2 heteroatoms. The van der Waals surface area contributed by atoms with Gasteiger partial charge in [0.15, 0.2) is 0 Å². The average molecular weight is 836 g/mol. The van der Waals surface area contributed by atoms with Gasteiger partial charge in [-0.3, -0.25) is 0 Å². The van der Waals surface area contributed by atoms with Crippen molar-refractivity contribution < 1.29 is 23.3 Å². The molecule has 0 saturated heterocycles. The van der Waals surface area contributed by atoms with Gasteiger partial charge in [0.05, 0.1) is 0 Å². The van der Waals surface area contributed by atoms with Crippen molar-refractivity contribution in [2.75, 3.05) is 0 Å². The van der Waals surface area contributed by atoms with Crippen LogP contribution in [0.25, 0.3) is 0 Å². The molecule has 8 rings (SSSR count). The third kappa shape index (κ3) is 10.2. The number of fused-ring (bicyclic) bond motifs is 2. The number of hydrogen-bond donors (Lipinski definition) is 0. The minimum atomic E-state index is 0. The molecular formula is C54H68SiZr-4. The van der Waals surface area contributed by atoms with Crippen LogP contribution in [0.3, 0.4) is 0 Å². The molecule has 0 saturated carbocycles. The van der Waals surface area contributed by atoms with E-state index in [-0.39, 0.29) is 25.7 Å². The molecule has 0 aliphatic heterocycles. The molecule has 6 aliphatic rings. The standard InChI is InChI=1S/2C26H31.2CH3.Si.Zr/c2*1-17(2)13-18-14-21-16-20-7-6-8-23(20)25(24(21)15-18)19-9-11-22(12-10-19)26(3,4)5;;;;/h2*9-12,15-17,25H,6-8,13H2,1-5H3;2*1H3;;/q4*-1;;. The Kier molecular flexibility index (Phi) is 15.7. The van der Waals surface area contributed by atoms with Crippen LogP contribution in [0.1, 0.15) is 155 Å². The molecule has 6 aliphatic carbocycles. The maximum absolute atomic E-state index is 3.72. The van der Waals surface area contributed by atoms with E-state index in [0.29, 0.717) is 23.7 Å². The topological polar surface area (TPSA) is 0 Å². The molecule has 0 heterocycles. The third-order valence-electron chi connectivity index (χ3n) is 11.9. The summed E-state index contributed by atoms with van der Waals surface area (Å²) < 4.78 is 0. The van der Waals surface area contributed by atoms with E-state index in [9.17, 15) is 0 Å². The van der Waals surface area contributed by atoms with Crippen LogP contribution < -0.4 is 0 Å². The molecule has 0 nitrogen and oxygen atoms in total. The van der Waals surface area contributed by atoms with Crippen molar-refractivity contribution in [3.8, 4) is 0 Å². The number of allylic oxidation sites excluding steroid dienone is 16. The molecular weight excluding hydrogens is 768 g/mol. The van der Waals surface area contributed by atoms with Crippen molar-refractivity contribution in [1.29, 1.82) is 0 Å². The van der Waals surface area contributed by atoms with Crippen LogP contribution in [0.2, 0.25) is 0 Å². The molecule has 2 unspecified atom stereocenters. The zero-order chi connectivity index (χ0) is 38.9. The maximum atomic E-state index is 3.72. The molecule has 0 bridgehead atoms. The fourth-order valence-electron chi connectivity index (χ4n) is 9.32. The molecule has 296 valence electrons. The van der Waals surface area contributed by atoms with Gasteiger partial charge in [-0.2, -0.15) is 34.4 Å². The molecule has 56 heavy (non-hydrogen) atoms. The van der Waals surface area contributed by atoms with Gasteiger partial charge >= 0.3 is 30.2 Å². The second kappa shape index (κ2) is 19.0. The summed E-state index contributed by atoms with van der Waals surface area (Å²) in [5.41, 5.74) is 21.1. The monoisotopic (exact) mass is 834 g/mol. The summed E-state index contributed by atoms with van der Waals surface area (Å²) >= 11 is 1.36. The fraction of sp³-hybridized carbons (Fsp3) is 0.444. The van der Waals surface area contributed by atoms with Crippen molar-refractivity contribution in [3.63, 3.8) is 0 Å². The molecule has 2 aromatic rings. The van der Waals surface area contributed by atoms with Crippen LogP contribution >= 0.6 is 0 Å². The Hall–Kier alpha value is -2.54. The molecule has 0 amide bonds. The first-order valence-electron chi connectivity index (χ1n) is 20.7. The SMILES string of the molecule is CC(C)CC1=[C-]C2=CC3=C(CCC3)C(c3ccc(C(C)(C)C)cc3)C2=C1.CC(C)CC1=[C-]C2=CC3=C(CCC3)C(c3ccc(C(C)(C)C)cc3)C2=C1.[CH3-].[CH3-].[Si]=[Zr]. The Bertz CT molecular complexity index is 1840. The van der Waals surface area contributed by atoms with Crippen molar-refractivity contribution in [3.05, 3.63) is 178 Å². The van der Waals surface area contributed by atoms with Gasteiger partial charge in [-0.05, 0) is 108 Å². The van der Waals surface area contributed by atoms with E-state index < -0.39 is 0 Å². The van der Waals surface area contributed by atoms with Gasteiger partial charge in [-0.1, -0.05) is 140 Å². The van der Waals surface area contributed by atoms with E-state index in [2.05, 4.69) is 161 Å². The predicted octanol–water partition coefficient (Wildman–Crippen LogP) is 14.9. The summed E-state index contributed by atoms with van der Waals surface area (Å²) in [6, 6.07) is 18.8. The Balaban J connectivity index is 0.000000230. The van der Waals surface area contributed by atoms with Crippen LogP contribution in [0.15, 0.2) is 129 Å². The van der Waals surface area contributed by atoms with Crippen LogP contribution in [-0.4, -0.2) is 6.88 Å². The van der Waals surface area contributed by atoms with Crippen LogP contribution in [0.4, 0.5) is 0 Å². The molecule has 0 fully saturated rings. The summed E-state index contributed by atoms with van der Waals surface area (Å²) in [5.74, 6) is 2.25. The van der Waals surface area contributed by atoms with E-state index in [4.69, 9.17) is 0 Å². The zero-order valence-corrected chi connectivity index (χ0v) is 40.4. The van der Waals surface area contributed by atoms with Crippen LogP contribution in [-0.2, 0) is 34.2 Å². The first-order chi connectivity index (χ1) is 25.7. The van der Waals surface area contributed by atoms with Crippen LogP contribution in [0.5, 0.6) is 0 Å². The second-order valence-corrected chi connectivity index (χ2v) is 19.2. The average Bonchev–Trinajstić information content (AvgIpc) is 3.92. The first-order valence-corrected chi connectivity index (χ1v) is 24.9. The molecule has 2 radical (unpaired) electrons. The van der Waals surface area contributed by atoms with E-state index in [0.717, 1.165) is 12.8 Å². The predicted molar refractivity (Wildman–Crippen MR) is 241 cm³/mol. The van der Waals surface area contributed by atoms with Crippen molar-refractivity contribution in [1.82, 2.24) is 0 Å². The number of hydrogen-bond acceptors (Lipinski definition) is 0. The summed E-state index contributed by atoms with van der Waals surface area (Å²) in [5, 5.41) is 0. The summed E-state index contributed by atoms with van der Waals surface area (Å²) in [6.45, 7) is 26.0. The molecule has 2 aromatic carbocycles. The molecule has 0 aromatic heterocycles. The van der Waals surface area contributed by atoms with Gasteiger partial charge in [-0.15, -0.1) is 35.5 Å². The van der Waals surface area contributed by atoms with E-state index in [1.54, 1.807) is 22.3 Å². The van der Waals surface area contributed by atoms with E-state index in [1.807, 2.05) is 0 Å². The van der Waals surface area contributed by atoms with Gasteiger partial charge in [-0.25, -0.2) is 0 Å². The zero-order valence-electron chi connectivity index (χ0n) is 36.9. The van der Waals surface area contributed by atoms with Crippen molar-refractivity contribution >= 4 is 6.88 Å². The van der Waals surface area contributed by atoms with E-state index in [1.165, 1.54) is 118 Å². The third-order valence-corrected chi connectivity index (χ3v) is 11.9. The number of benzene rings is 2. The van der Waals surface area contributed by atoms with E-state index >= 15 is 0 Å². The fourth-order valence-corrected chi connectivity index (χ4v) is 9.32. The summed E-state index contributed by atoms with van der Waals surface area (Å²) in [4.78, 5) is 0. The van der Waals surface area contributed by atoms with Gasteiger partial charge in [0.2, 0.25) is 0 Å². The quantitative estimate of drug-likeness (QED) is 0.201. The Labute approximate surface area is 360 Å². The van der Waals surface area contributed by atoms with Crippen molar-refractivity contribution in [2.45, 2.75) is 143 Å². The van der Waals surface area contributed by atoms with Gasteiger partial charge in [0, 0.05) is 0 Å². The Morgan fingerprint density at radius 1 is 0.554 bits per heavy atom. The first kappa shape index (κ1) is 46.2. The van der Waals surface area contributed by atoms with Gasteiger partial charge < -0.3 is 14.9 Å². The molecule has 0 spiro atoms. The van der Waals surface area contributed by atoms with Gasteiger partial charge in [0.25, 0.3) is 0 Å². The summed E-state index contributed by atoms with van der Waals surface area (Å²) in [6.07, 6.45) is 27.0. The normalized spacial score (nSPS) is 20.7. The Morgan fingerprint density at radius 3 is 1.20 bits per heavy atom. The molecule has 2 atom stereocenters. The number of rotatable bonds is 6.